The number of morpholine rings is 1. The molecule has 0 radical (unpaired) electrons. The number of hydrogen-bond donors (Lipinski definition) is 1. The summed E-state index contributed by atoms with van der Waals surface area (Å²) in [5.41, 5.74) is 4.36. The average Bonchev–Trinajstić information content (AvgIpc) is 3.27. The summed E-state index contributed by atoms with van der Waals surface area (Å²) in [6.45, 7) is 18.4. The number of rotatable bonds is 13. The van der Waals surface area contributed by atoms with E-state index < -0.39 is 0 Å². The number of amides is 1. The van der Waals surface area contributed by atoms with Gasteiger partial charge in [-0.25, -0.2) is 0 Å². The van der Waals surface area contributed by atoms with E-state index in [1.54, 1.807) is 0 Å². The molecule has 7 nitrogen and oxygen atoms in total. The molecule has 4 aliphatic rings. The molecule has 1 amide bonds. The van der Waals surface area contributed by atoms with E-state index in [1.807, 2.05) is 18.2 Å². The lowest BCUT2D eigenvalue weighted by Gasteiger charge is -2.48. The molecule has 1 saturated carbocycles. The summed E-state index contributed by atoms with van der Waals surface area (Å²) in [6, 6.07) is 12.9. The number of nitrogens with one attached hydrogen (secondary N) is 1. The highest BCUT2D eigenvalue weighted by Gasteiger charge is 2.40. The van der Waals surface area contributed by atoms with Gasteiger partial charge < -0.3 is 14.4 Å². The number of ether oxygens (including phenoxy) is 2. The summed E-state index contributed by atoms with van der Waals surface area (Å²) in [6.07, 6.45) is 10.5. The van der Waals surface area contributed by atoms with Gasteiger partial charge in [-0.05, 0) is 96.8 Å². The topological polar surface area (TPSA) is 57.3 Å². The van der Waals surface area contributed by atoms with Gasteiger partial charge in [-0.3, -0.25) is 19.3 Å². The first-order chi connectivity index (χ1) is 23.8. The Balaban J connectivity index is 1.25. The van der Waals surface area contributed by atoms with Crippen molar-refractivity contribution in [2.24, 2.45) is 17.8 Å². The van der Waals surface area contributed by atoms with Crippen LogP contribution in [-0.4, -0.2) is 92.6 Å². The summed E-state index contributed by atoms with van der Waals surface area (Å²) in [7, 11) is 0. The van der Waals surface area contributed by atoms with Crippen molar-refractivity contribution in [3.05, 3.63) is 70.3 Å². The van der Waals surface area contributed by atoms with Crippen LogP contribution in [0.1, 0.15) is 80.8 Å². The van der Waals surface area contributed by atoms with Crippen LogP contribution in [0.4, 0.5) is 5.69 Å². The van der Waals surface area contributed by atoms with E-state index in [1.165, 1.54) is 35.9 Å². The van der Waals surface area contributed by atoms with E-state index >= 15 is 0 Å². The number of allylic oxidation sites excluding steroid dienone is 1. The lowest BCUT2D eigenvalue weighted by Crippen LogP contribution is -2.59. The molecule has 1 aliphatic carbocycles. The molecule has 3 heterocycles. The van der Waals surface area contributed by atoms with E-state index in [2.05, 4.69) is 77.5 Å². The molecule has 5 unspecified atom stereocenters. The highest BCUT2D eigenvalue weighted by atomic mass is 35.5. The van der Waals surface area contributed by atoms with Crippen LogP contribution in [0.2, 0.25) is 5.02 Å². The molecule has 1 N–H and O–H groups in total. The van der Waals surface area contributed by atoms with Gasteiger partial charge in [0.1, 0.15) is 5.75 Å². The molecule has 0 bridgehead atoms. The van der Waals surface area contributed by atoms with Crippen molar-refractivity contribution in [3.8, 4) is 5.75 Å². The van der Waals surface area contributed by atoms with Crippen LogP contribution in [0.5, 0.6) is 5.75 Å². The maximum absolute atomic E-state index is 13.2. The van der Waals surface area contributed by atoms with Gasteiger partial charge >= 0.3 is 0 Å². The maximum Gasteiger partial charge on any atom is 0.261 e. The quantitative estimate of drug-likeness (QED) is 0.169. The van der Waals surface area contributed by atoms with Crippen LogP contribution in [0.15, 0.2) is 48.6 Å². The number of nitrogens with zero attached hydrogens (tertiary/aromatic N) is 3. The van der Waals surface area contributed by atoms with Crippen LogP contribution in [0.25, 0.3) is 0 Å². The Morgan fingerprint density at radius 3 is 2.73 bits per heavy atom. The van der Waals surface area contributed by atoms with Gasteiger partial charge in [-0.15, -0.1) is 0 Å². The third-order valence-electron chi connectivity index (χ3n) is 11.0. The normalized spacial score (nSPS) is 25.3. The fourth-order valence-corrected chi connectivity index (χ4v) is 8.93. The number of fused-ring (bicyclic) bond motifs is 2. The fraction of sp³-hybridized carbons (Fsp3) is 0.625. The predicted octanol–water partition coefficient (Wildman–Crippen LogP) is 7.69. The summed E-state index contributed by atoms with van der Waals surface area (Å²) >= 11 is 7.96. The zero-order valence-electron chi connectivity index (χ0n) is 30.0. The van der Waals surface area contributed by atoms with E-state index in [-0.39, 0.29) is 11.8 Å². The van der Waals surface area contributed by atoms with Crippen LogP contribution in [0.3, 0.4) is 0 Å². The number of halogens is 1. The van der Waals surface area contributed by atoms with Crippen molar-refractivity contribution >= 4 is 35.1 Å². The predicted molar refractivity (Wildman–Crippen MR) is 204 cm³/mol. The van der Waals surface area contributed by atoms with E-state index in [4.69, 9.17) is 21.1 Å². The molecule has 0 spiro atoms. The Labute approximate surface area is 304 Å². The molecule has 2 aromatic rings. The number of benzene rings is 2. The monoisotopic (exact) mass is 708 g/mol. The van der Waals surface area contributed by atoms with E-state index in [0.717, 1.165) is 94.7 Å². The summed E-state index contributed by atoms with van der Waals surface area (Å²) in [5.74, 6) is 2.75. The van der Waals surface area contributed by atoms with Gasteiger partial charge in [-0.2, -0.15) is 0 Å². The lowest BCUT2D eigenvalue weighted by atomic mass is 9.66. The molecule has 268 valence electrons. The molecule has 5 atom stereocenters. The third kappa shape index (κ3) is 9.17. The molecule has 3 aliphatic heterocycles. The van der Waals surface area contributed by atoms with Crippen molar-refractivity contribution in [2.75, 3.05) is 70.5 Å². The summed E-state index contributed by atoms with van der Waals surface area (Å²) in [4.78, 5) is 21.1. The third-order valence-corrected chi connectivity index (χ3v) is 12.0. The van der Waals surface area contributed by atoms with Crippen LogP contribution in [0, 0.1) is 17.8 Å². The SMILES string of the molecule is CC/C=C/C(CN1CCN2CCOCC2C1)C1CCC1CN1CC(c2ccc(Cl)cc2CCC)COc2ccc(C(=O)NSC(C)C)cc21. The Bertz CT molecular complexity index is 1440. The number of hydrogen-bond acceptors (Lipinski definition) is 7. The Morgan fingerprint density at radius 2 is 1.96 bits per heavy atom. The number of anilines is 1. The minimum Gasteiger partial charge on any atom is -0.491 e. The van der Waals surface area contributed by atoms with Gasteiger partial charge in [0.15, 0.2) is 0 Å². The minimum absolute atomic E-state index is 0.0556. The molecule has 49 heavy (non-hydrogen) atoms. The highest BCUT2D eigenvalue weighted by molar-refractivity contribution is 7.98. The van der Waals surface area contributed by atoms with Crippen LogP contribution in [-0.2, 0) is 11.2 Å². The van der Waals surface area contributed by atoms with E-state index in [0.29, 0.717) is 41.2 Å². The van der Waals surface area contributed by atoms with Crippen molar-refractivity contribution in [3.63, 3.8) is 0 Å². The van der Waals surface area contributed by atoms with Crippen molar-refractivity contribution < 1.29 is 14.3 Å². The molecule has 9 heteroatoms. The smallest absolute Gasteiger partial charge is 0.261 e. The van der Waals surface area contributed by atoms with Gasteiger partial charge in [0.05, 0.1) is 25.5 Å². The second-order valence-corrected chi connectivity index (χ2v) is 16.6. The number of carbonyl (C=O) groups is 1. The summed E-state index contributed by atoms with van der Waals surface area (Å²) in [5, 5.41) is 1.10. The van der Waals surface area contributed by atoms with Gasteiger partial charge in [0.2, 0.25) is 0 Å². The molecule has 2 saturated heterocycles. The number of aryl methyl sites for hydroxylation is 1. The maximum atomic E-state index is 13.2. The molecule has 0 aromatic heterocycles. The molecule has 6 rings (SSSR count). The average molecular weight is 709 g/mol. The van der Waals surface area contributed by atoms with Gasteiger partial charge in [0.25, 0.3) is 5.91 Å². The van der Waals surface area contributed by atoms with E-state index in [9.17, 15) is 4.79 Å². The van der Waals surface area contributed by atoms with Crippen LogP contribution < -0.4 is 14.4 Å². The Morgan fingerprint density at radius 1 is 1.08 bits per heavy atom. The number of carbonyl (C=O) groups excluding carboxylic acids is 1. The second kappa shape index (κ2) is 17.3. The van der Waals surface area contributed by atoms with Crippen LogP contribution >= 0.6 is 23.5 Å². The Hall–Kier alpha value is -2.23. The molecule has 2 aromatic carbocycles. The first-order valence-corrected chi connectivity index (χ1v) is 20.1. The highest BCUT2D eigenvalue weighted by Crippen LogP contribution is 2.44. The molecular formula is C40H57ClN4O3S. The molecule has 3 fully saturated rings. The van der Waals surface area contributed by atoms with Gasteiger partial charge in [0, 0.05) is 73.6 Å². The second-order valence-electron chi connectivity index (χ2n) is 14.8. The zero-order valence-corrected chi connectivity index (χ0v) is 31.6. The first kappa shape index (κ1) is 36.6. The van der Waals surface area contributed by atoms with Crippen molar-refractivity contribution in [1.82, 2.24) is 14.5 Å². The lowest BCUT2D eigenvalue weighted by molar-refractivity contribution is -0.0492. The largest absolute Gasteiger partial charge is 0.491 e. The van der Waals surface area contributed by atoms with Crippen molar-refractivity contribution in [1.29, 1.82) is 0 Å². The zero-order chi connectivity index (χ0) is 34.3. The fourth-order valence-electron chi connectivity index (χ4n) is 8.28. The Kier molecular flexibility index (Phi) is 12.9. The number of piperazine rings is 1. The standard InChI is InChI=1S/C40H57ClN4O3S/c1-5-7-9-31(22-43-16-17-44-18-19-47-27-35(44)25-43)37-13-10-32(37)23-45-24-33(36-14-12-34(41)20-29(36)8-6-2)26-48-39-15-11-30(21-38(39)45)40(46)42-49-28(3)4/h7,9,11-12,14-15,20-21,28,31-33,35,37H,5-6,8,10,13,16-19,22-27H2,1-4H3,(H,42,46)/b9-7+. The molecular weight excluding hydrogens is 652 g/mol. The van der Waals surface area contributed by atoms with Gasteiger partial charge in [-0.1, -0.05) is 63.9 Å². The van der Waals surface area contributed by atoms with Crippen molar-refractivity contribution in [2.45, 2.75) is 77.0 Å². The summed E-state index contributed by atoms with van der Waals surface area (Å²) < 4.78 is 15.5. The minimum atomic E-state index is -0.0556. The first-order valence-electron chi connectivity index (χ1n) is 18.8.